The number of benzene rings is 2. The Kier molecular flexibility index (Phi) is 3.63. The zero-order valence-electron chi connectivity index (χ0n) is 10.1. The molecule has 0 unspecified atom stereocenters. The first kappa shape index (κ1) is 12.2. The largest absolute Gasteiger partial charge is 0.508 e. The second-order valence-electron chi connectivity index (χ2n) is 3.85. The van der Waals surface area contributed by atoms with Crippen LogP contribution in [0.15, 0.2) is 48.5 Å². The fraction of sp³-hybridized carbons (Fsp3) is 0.133. The lowest BCUT2D eigenvalue weighted by Crippen LogP contribution is -2.04. The summed E-state index contributed by atoms with van der Waals surface area (Å²) in [5, 5.41) is 9.24. The van der Waals surface area contributed by atoms with E-state index in [1.165, 1.54) is 0 Å². The lowest BCUT2D eigenvalue weighted by atomic mass is 10.0. The number of rotatable bonds is 3. The van der Waals surface area contributed by atoms with Gasteiger partial charge in [-0.2, -0.15) is 0 Å². The highest BCUT2D eigenvalue weighted by Gasteiger charge is 2.07. The van der Waals surface area contributed by atoms with E-state index in [0.717, 1.165) is 11.1 Å². The molecule has 0 heterocycles. The van der Waals surface area contributed by atoms with E-state index in [1.54, 1.807) is 43.3 Å². The topological polar surface area (TPSA) is 46.5 Å². The number of hydrogen-bond acceptors (Lipinski definition) is 3. The van der Waals surface area contributed by atoms with Crippen molar-refractivity contribution in [2.75, 3.05) is 6.61 Å². The second kappa shape index (κ2) is 5.36. The number of carbonyl (C=O) groups excluding carboxylic acids is 1. The number of hydrogen-bond donors (Lipinski definition) is 1. The number of carbonyl (C=O) groups is 1. The molecule has 0 atom stereocenters. The normalized spacial score (nSPS) is 10.1. The van der Waals surface area contributed by atoms with E-state index in [9.17, 15) is 9.90 Å². The van der Waals surface area contributed by atoms with Crippen LogP contribution in [0.3, 0.4) is 0 Å². The van der Waals surface area contributed by atoms with Gasteiger partial charge < -0.3 is 9.84 Å². The van der Waals surface area contributed by atoms with Crippen molar-refractivity contribution >= 4 is 5.97 Å². The summed E-state index contributed by atoms with van der Waals surface area (Å²) in [6, 6.07) is 14.1. The molecule has 0 aliphatic heterocycles. The summed E-state index contributed by atoms with van der Waals surface area (Å²) in [6.07, 6.45) is 0. The number of phenols is 1. The Hall–Kier alpha value is -2.29. The van der Waals surface area contributed by atoms with Crippen molar-refractivity contribution in [2.45, 2.75) is 6.92 Å². The molecule has 3 nitrogen and oxygen atoms in total. The molecule has 1 N–H and O–H groups in total. The van der Waals surface area contributed by atoms with Crippen molar-refractivity contribution in [1.82, 2.24) is 0 Å². The minimum Gasteiger partial charge on any atom is -0.508 e. The van der Waals surface area contributed by atoms with Gasteiger partial charge in [-0.05, 0) is 42.3 Å². The van der Waals surface area contributed by atoms with Crippen molar-refractivity contribution in [3.05, 3.63) is 54.1 Å². The lowest BCUT2D eigenvalue weighted by molar-refractivity contribution is 0.0526. The summed E-state index contributed by atoms with van der Waals surface area (Å²) in [5.41, 5.74) is 2.39. The van der Waals surface area contributed by atoms with Gasteiger partial charge in [0.15, 0.2) is 0 Å². The molecule has 0 saturated carbocycles. The van der Waals surface area contributed by atoms with Gasteiger partial charge in [-0.15, -0.1) is 0 Å². The van der Waals surface area contributed by atoms with Crippen LogP contribution in [0.1, 0.15) is 17.3 Å². The molecule has 0 saturated heterocycles. The van der Waals surface area contributed by atoms with E-state index in [2.05, 4.69) is 0 Å². The highest BCUT2D eigenvalue weighted by atomic mass is 16.5. The van der Waals surface area contributed by atoms with Gasteiger partial charge in [0.05, 0.1) is 12.2 Å². The predicted octanol–water partition coefficient (Wildman–Crippen LogP) is 3.24. The average molecular weight is 242 g/mol. The van der Waals surface area contributed by atoms with Crippen molar-refractivity contribution in [3.8, 4) is 16.9 Å². The molecule has 0 aromatic heterocycles. The second-order valence-corrected chi connectivity index (χ2v) is 3.85. The van der Waals surface area contributed by atoms with Gasteiger partial charge in [-0.3, -0.25) is 0 Å². The van der Waals surface area contributed by atoms with Gasteiger partial charge in [-0.25, -0.2) is 4.79 Å². The van der Waals surface area contributed by atoms with Gasteiger partial charge >= 0.3 is 5.97 Å². The Morgan fingerprint density at radius 2 is 1.83 bits per heavy atom. The third kappa shape index (κ3) is 2.69. The first-order chi connectivity index (χ1) is 8.70. The number of ether oxygens (including phenoxy) is 1. The van der Waals surface area contributed by atoms with E-state index in [0.29, 0.717) is 12.2 Å². The quantitative estimate of drug-likeness (QED) is 0.840. The first-order valence-corrected chi connectivity index (χ1v) is 5.77. The molecule has 0 fully saturated rings. The van der Waals surface area contributed by atoms with Crippen LogP contribution in [0.25, 0.3) is 11.1 Å². The predicted molar refractivity (Wildman–Crippen MR) is 69.5 cm³/mol. The fourth-order valence-electron chi connectivity index (χ4n) is 1.69. The van der Waals surface area contributed by atoms with E-state index in [4.69, 9.17) is 4.74 Å². The van der Waals surface area contributed by atoms with Crippen LogP contribution in [0, 0.1) is 0 Å². The van der Waals surface area contributed by atoms with Crippen LogP contribution in [0.4, 0.5) is 0 Å². The number of esters is 1. The molecular weight excluding hydrogens is 228 g/mol. The molecule has 92 valence electrons. The molecule has 2 rings (SSSR count). The minimum atomic E-state index is -0.321. The summed E-state index contributed by atoms with van der Waals surface area (Å²) < 4.78 is 4.96. The number of aromatic hydroxyl groups is 1. The Bertz CT molecular complexity index is 544. The lowest BCUT2D eigenvalue weighted by Gasteiger charge is -2.05. The third-order valence-corrected chi connectivity index (χ3v) is 2.57. The van der Waals surface area contributed by atoms with Crippen LogP contribution in [-0.4, -0.2) is 17.7 Å². The molecule has 0 amide bonds. The maximum atomic E-state index is 11.6. The third-order valence-electron chi connectivity index (χ3n) is 2.57. The van der Waals surface area contributed by atoms with Crippen LogP contribution in [-0.2, 0) is 4.74 Å². The minimum absolute atomic E-state index is 0.222. The Balaban J connectivity index is 2.32. The summed E-state index contributed by atoms with van der Waals surface area (Å²) in [7, 11) is 0. The molecule has 18 heavy (non-hydrogen) atoms. The zero-order chi connectivity index (χ0) is 13.0. The first-order valence-electron chi connectivity index (χ1n) is 5.77. The van der Waals surface area contributed by atoms with Crippen molar-refractivity contribution in [3.63, 3.8) is 0 Å². The highest BCUT2D eigenvalue weighted by molar-refractivity contribution is 5.91. The maximum absolute atomic E-state index is 11.6. The standard InChI is InChI=1S/C15H14O3/c1-2-18-15(17)13-5-3-4-12(10-13)11-6-8-14(16)9-7-11/h3-10,16H,2H2,1H3. The van der Waals surface area contributed by atoms with Crippen molar-refractivity contribution < 1.29 is 14.6 Å². The van der Waals surface area contributed by atoms with Gasteiger partial charge in [0.1, 0.15) is 5.75 Å². The molecule has 0 radical (unpaired) electrons. The molecule has 0 aliphatic rings. The summed E-state index contributed by atoms with van der Waals surface area (Å²) in [4.78, 5) is 11.6. The van der Waals surface area contributed by atoms with Crippen LogP contribution >= 0.6 is 0 Å². The van der Waals surface area contributed by atoms with E-state index in [1.807, 2.05) is 12.1 Å². The van der Waals surface area contributed by atoms with Gasteiger partial charge in [-0.1, -0.05) is 24.3 Å². The Labute approximate surface area is 106 Å². The highest BCUT2D eigenvalue weighted by Crippen LogP contribution is 2.22. The van der Waals surface area contributed by atoms with E-state index in [-0.39, 0.29) is 11.7 Å². The molecule has 3 heteroatoms. The molecular formula is C15H14O3. The fourth-order valence-corrected chi connectivity index (χ4v) is 1.69. The maximum Gasteiger partial charge on any atom is 0.338 e. The monoisotopic (exact) mass is 242 g/mol. The smallest absolute Gasteiger partial charge is 0.338 e. The van der Waals surface area contributed by atoms with Crippen molar-refractivity contribution in [1.29, 1.82) is 0 Å². The summed E-state index contributed by atoms with van der Waals surface area (Å²) in [5.74, 6) is -0.0987. The van der Waals surface area contributed by atoms with E-state index >= 15 is 0 Å². The van der Waals surface area contributed by atoms with E-state index < -0.39 is 0 Å². The molecule has 2 aromatic carbocycles. The average Bonchev–Trinajstić information content (AvgIpc) is 2.40. The number of phenolic OH excluding ortho intramolecular Hbond substituents is 1. The van der Waals surface area contributed by atoms with Crippen LogP contribution in [0.2, 0.25) is 0 Å². The zero-order valence-corrected chi connectivity index (χ0v) is 10.1. The Morgan fingerprint density at radius 1 is 1.11 bits per heavy atom. The van der Waals surface area contributed by atoms with Crippen LogP contribution < -0.4 is 0 Å². The van der Waals surface area contributed by atoms with Gasteiger partial charge in [0.25, 0.3) is 0 Å². The summed E-state index contributed by atoms with van der Waals surface area (Å²) in [6.45, 7) is 2.14. The van der Waals surface area contributed by atoms with Gasteiger partial charge in [0, 0.05) is 0 Å². The van der Waals surface area contributed by atoms with Gasteiger partial charge in [0.2, 0.25) is 0 Å². The molecule has 0 aliphatic carbocycles. The van der Waals surface area contributed by atoms with Crippen LogP contribution in [0.5, 0.6) is 5.75 Å². The molecule has 0 bridgehead atoms. The summed E-state index contributed by atoms with van der Waals surface area (Å²) >= 11 is 0. The SMILES string of the molecule is CCOC(=O)c1cccc(-c2ccc(O)cc2)c1. The Morgan fingerprint density at radius 3 is 2.50 bits per heavy atom. The van der Waals surface area contributed by atoms with Crippen molar-refractivity contribution in [2.24, 2.45) is 0 Å². The molecule has 2 aromatic rings. The molecule has 0 spiro atoms.